The van der Waals surface area contributed by atoms with E-state index in [1.54, 1.807) is 12.4 Å². The van der Waals surface area contributed by atoms with Gasteiger partial charge in [-0.1, -0.05) is 0 Å². The molecule has 0 amide bonds. The maximum atomic E-state index is 4.18. The van der Waals surface area contributed by atoms with Crippen molar-refractivity contribution in [3.05, 3.63) is 24.3 Å². The predicted molar refractivity (Wildman–Crippen MR) is 64.0 cm³/mol. The van der Waals surface area contributed by atoms with Crippen LogP contribution < -0.4 is 5.32 Å². The van der Waals surface area contributed by atoms with Gasteiger partial charge in [0.25, 0.3) is 0 Å². The largest absolute Gasteiger partial charge is 0.308 e. The summed E-state index contributed by atoms with van der Waals surface area (Å²) in [5.74, 6) is 0.865. The second-order valence-corrected chi connectivity index (χ2v) is 4.54. The highest BCUT2D eigenvalue weighted by Crippen LogP contribution is 2.26. The van der Waals surface area contributed by atoms with Crippen LogP contribution in [0.3, 0.4) is 0 Å². The highest BCUT2D eigenvalue weighted by atomic mass is 15.2. The van der Waals surface area contributed by atoms with E-state index in [1.165, 1.54) is 12.8 Å². The molecular weight excluding hydrogens is 200 g/mol. The van der Waals surface area contributed by atoms with Crippen LogP contribution in [0.15, 0.2) is 18.5 Å². The van der Waals surface area contributed by atoms with Crippen LogP contribution in [-0.4, -0.2) is 40.5 Å². The first-order chi connectivity index (χ1) is 7.77. The van der Waals surface area contributed by atoms with Gasteiger partial charge in [-0.15, -0.1) is 0 Å². The van der Waals surface area contributed by atoms with E-state index in [9.17, 15) is 0 Å². The standard InChI is InChI=1S/C12H20N4/c1-10(16(2)11-4-5-11)8-13-9-12-14-6-3-7-15-12/h3,6-7,10-11,13H,4-5,8-9H2,1-2H3. The van der Waals surface area contributed by atoms with Gasteiger partial charge in [-0.3, -0.25) is 4.90 Å². The molecule has 0 saturated heterocycles. The molecule has 0 radical (unpaired) electrons. The van der Waals surface area contributed by atoms with Gasteiger partial charge in [0.1, 0.15) is 5.82 Å². The van der Waals surface area contributed by atoms with Gasteiger partial charge in [0.05, 0.1) is 6.54 Å². The Kier molecular flexibility index (Phi) is 3.85. The highest BCUT2D eigenvalue weighted by molar-refractivity contribution is 4.89. The number of hydrogen-bond donors (Lipinski definition) is 1. The molecule has 1 aliphatic rings. The van der Waals surface area contributed by atoms with E-state index in [-0.39, 0.29) is 0 Å². The monoisotopic (exact) mass is 220 g/mol. The maximum Gasteiger partial charge on any atom is 0.141 e. The van der Waals surface area contributed by atoms with Crippen molar-refractivity contribution in [1.82, 2.24) is 20.2 Å². The zero-order valence-corrected chi connectivity index (χ0v) is 10.1. The Hall–Kier alpha value is -1.00. The molecule has 4 nitrogen and oxygen atoms in total. The van der Waals surface area contributed by atoms with Crippen molar-refractivity contribution in [2.24, 2.45) is 0 Å². The lowest BCUT2D eigenvalue weighted by atomic mass is 10.3. The molecule has 0 aliphatic heterocycles. The summed E-state index contributed by atoms with van der Waals surface area (Å²) in [6.07, 6.45) is 6.29. The molecule has 0 spiro atoms. The van der Waals surface area contributed by atoms with Crippen molar-refractivity contribution in [2.75, 3.05) is 13.6 Å². The molecule has 1 unspecified atom stereocenters. The Morgan fingerprint density at radius 1 is 1.44 bits per heavy atom. The number of nitrogens with one attached hydrogen (secondary N) is 1. The van der Waals surface area contributed by atoms with Crippen molar-refractivity contribution >= 4 is 0 Å². The number of rotatable bonds is 6. The first-order valence-electron chi connectivity index (χ1n) is 5.96. The molecule has 2 rings (SSSR count). The third-order valence-electron chi connectivity index (χ3n) is 3.16. The van der Waals surface area contributed by atoms with Crippen LogP contribution in [0.1, 0.15) is 25.6 Å². The zero-order chi connectivity index (χ0) is 11.4. The fraction of sp³-hybridized carbons (Fsp3) is 0.667. The highest BCUT2D eigenvalue weighted by Gasteiger charge is 2.28. The molecule has 1 saturated carbocycles. The van der Waals surface area contributed by atoms with Crippen LogP contribution in [0.2, 0.25) is 0 Å². The molecule has 0 bridgehead atoms. The molecule has 1 aromatic heterocycles. The van der Waals surface area contributed by atoms with Crippen molar-refractivity contribution in [1.29, 1.82) is 0 Å². The first-order valence-corrected chi connectivity index (χ1v) is 5.96. The van der Waals surface area contributed by atoms with Crippen LogP contribution in [-0.2, 0) is 6.54 Å². The van der Waals surface area contributed by atoms with Crippen molar-refractivity contribution in [3.63, 3.8) is 0 Å². The lowest BCUT2D eigenvalue weighted by molar-refractivity contribution is 0.240. The molecule has 1 heterocycles. The van der Waals surface area contributed by atoms with Crippen molar-refractivity contribution < 1.29 is 0 Å². The fourth-order valence-electron chi connectivity index (χ4n) is 1.80. The lowest BCUT2D eigenvalue weighted by Gasteiger charge is -2.24. The fourth-order valence-corrected chi connectivity index (χ4v) is 1.80. The molecule has 4 heteroatoms. The summed E-state index contributed by atoms with van der Waals surface area (Å²) < 4.78 is 0. The van der Waals surface area contributed by atoms with Gasteiger partial charge in [-0.05, 0) is 32.9 Å². The number of aromatic nitrogens is 2. The SMILES string of the molecule is CC(CNCc1ncccn1)N(C)C1CC1. The smallest absolute Gasteiger partial charge is 0.141 e. The van der Waals surface area contributed by atoms with Gasteiger partial charge in [-0.25, -0.2) is 9.97 Å². The number of likely N-dealkylation sites (N-methyl/N-ethyl adjacent to an activating group) is 1. The van der Waals surface area contributed by atoms with Gasteiger partial charge >= 0.3 is 0 Å². The summed E-state index contributed by atoms with van der Waals surface area (Å²) in [6, 6.07) is 3.24. The van der Waals surface area contributed by atoms with Gasteiger partial charge in [0, 0.05) is 31.0 Å². The summed E-state index contributed by atoms with van der Waals surface area (Å²) >= 11 is 0. The zero-order valence-electron chi connectivity index (χ0n) is 10.1. The first kappa shape index (κ1) is 11.5. The number of nitrogens with zero attached hydrogens (tertiary/aromatic N) is 3. The summed E-state index contributed by atoms with van der Waals surface area (Å²) in [5.41, 5.74) is 0. The minimum absolute atomic E-state index is 0.580. The summed E-state index contributed by atoms with van der Waals surface area (Å²) in [5, 5.41) is 3.40. The number of hydrogen-bond acceptors (Lipinski definition) is 4. The third kappa shape index (κ3) is 3.25. The van der Waals surface area contributed by atoms with Gasteiger partial charge in [-0.2, -0.15) is 0 Å². The lowest BCUT2D eigenvalue weighted by Crippen LogP contribution is -2.39. The summed E-state index contributed by atoms with van der Waals surface area (Å²) in [4.78, 5) is 10.8. The summed E-state index contributed by atoms with van der Waals surface area (Å²) in [6.45, 7) is 4.01. The molecule has 1 N–H and O–H groups in total. The predicted octanol–water partition coefficient (Wildman–Crippen LogP) is 1.05. The summed E-state index contributed by atoms with van der Waals surface area (Å²) in [7, 11) is 2.21. The van der Waals surface area contributed by atoms with Crippen LogP contribution >= 0.6 is 0 Å². The van der Waals surface area contributed by atoms with E-state index < -0.39 is 0 Å². The second-order valence-electron chi connectivity index (χ2n) is 4.54. The Morgan fingerprint density at radius 3 is 2.75 bits per heavy atom. The van der Waals surface area contributed by atoms with Crippen LogP contribution in [0.5, 0.6) is 0 Å². The second kappa shape index (κ2) is 5.37. The molecule has 16 heavy (non-hydrogen) atoms. The quantitative estimate of drug-likeness (QED) is 0.778. The van der Waals surface area contributed by atoms with E-state index in [2.05, 4.69) is 34.2 Å². The van der Waals surface area contributed by atoms with E-state index in [0.29, 0.717) is 6.04 Å². The Morgan fingerprint density at radius 2 is 2.12 bits per heavy atom. The minimum Gasteiger partial charge on any atom is -0.308 e. The Labute approximate surface area is 97.1 Å². The van der Waals surface area contributed by atoms with E-state index in [4.69, 9.17) is 0 Å². The molecule has 1 fully saturated rings. The molecule has 88 valence electrons. The van der Waals surface area contributed by atoms with Crippen molar-refractivity contribution in [3.8, 4) is 0 Å². The van der Waals surface area contributed by atoms with Crippen LogP contribution in [0.4, 0.5) is 0 Å². The average molecular weight is 220 g/mol. The van der Waals surface area contributed by atoms with Gasteiger partial charge < -0.3 is 5.32 Å². The Balaban J connectivity index is 1.67. The van der Waals surface area contributed by atoms with Gasteiger partial charge in [0.2, 0.25) is 0 Å². The molecule has 0 aromatic carbocycles. The van der Waals surface area contributed by atoms with E-state index >= 15 is 0 Å². The van der Waals surface area contributed by atoms with Crippen LogP contribution in [0.25, 0.3) is 0 Å². The maximum absolute atomic E-state index is 4.18. The molecule has 1 aromatic rings. The Bertz CT molecular complexity index is 310. The average Bonchev–Trinajstić information content (AvgIpc) is 3.13. The van der Waals surface area contributed by atoms with E-state index in [1.807, 2.05) is 6.07 Å². The van der Waals surface area contributed by atoms with Crippen LogP contribution in [0, 0.1) is 0 Å². The third-order valence-corrected chi connectivity index (χ3v) is 3.16. The topological polar surface area (TPSA) is 41.1 Å². The molecule has 1 atom stereocenters. The minimum atomic E-state index is 0.580. The van der Waals surface area contributed by atoms with Gasteiger partial charge in [0.15, 0.2) is 0 Å². The van der Waals surface area contributed by atoms with Crippen molar-refractivity contribution in [2.45, 2.75) is 38.4 Å². The molecule has 1 aliphatic carbocycles. The molecular formula is C12H20N4. The van der Waals surface area contributed by atoms with E-state index in [0.717, 1.165) is 25.0 Å². The normalized spacial score (nSPS) is 17.7.